The van der Waals surface area contributed by atoms with Crippen LogP contribution >= 0.6 is 15.9 Å². The van der Waals surface area contributed by atoms with Crippen molar-refractivity contribution in [3.05, 3.63) is 40.3 Å². The number of carbonyl (C=O) groups excluding carboxylic acids is 1. The molecule has 2 rings (SSSR count). The summed E-state index contributed by atoms with van der Waals surface area (Å²) in [4.78, 5) is 21.1. The molecule has 0 fully saturated rings. The van der Waals surface area contributed by atoms with Crippen LogP contribution in [0.3, 0.4) is 0 Å². The highest BCUT2D eigenvalue weighted by Gasteiger charge is 2.20. The second-order valence-corrected chi connectivity index (χ2v) is 7.40. The lowest BCUT2D eigenvalue weighted by molar-refractivity contribution is 0.0281. The summed E-state index contributed by atoms with van der Waals surface area (Å²) in [5.74, 6) is 0.717. The zero-order valence-corrected chi connectivity index (χ0v) is 15.7. The minimum Gasteiger partial charge on any atom is -0.444 e. The van der Waals surface area contributed by atoms with Crippen LogP contribution in [-0.4, -0.2) is 33.6 Å². The molecular weight excluding hydrogens is 358 g/mol. The Morgan fingerprint density at radius 3 is 2.70 bits per heavy atom. The highest BCUT2D eigenvalue weighted by atomic mass is 79.9. The number of nitrogens with zero attached hydrogens (tertiary/aromatic N) is 2. The van der Waals surface area contributed by atoms with Gasteiger partial charge in [-0.1, -0.05) is 22.0 Å². The van der Waals surface area contributed by atoms with Gasteiger partial charge in [0, 0.05) is 11.5 Å². The molecule has 0 aliphatic heterocycles. The minimum absolute atomic E-state index is 0.365. The fourth-order valence-corrected chi connectivity index (χ4v) is 2.28. The van der Waals surface area contributed by atoms with Gasteiger partial charge in [0.05, 0.1) is 18.4 Å². The van der Waals surface area contributed by atoms with Crippen molar-refractivity contribution in [2.24, 2.45) is 0 Å². The Labute approximate surface area is 145 Å². The highest BCUT2D eigenvalue weighted by molar-refractivity contribution is 9.10. The van der Waals surface area contributed by atoms with Gasteiger partial charge in [-0.05, 0) is 51.0 Å². The van der Waals surface area contributed by atoms with Crippen LogP contribution in [0.1, 0.15) is 32.2 Å². The third kappa shape index (κ3) is 4.82. The maximum absolute atomic E-state index is 12.0. The Morgan fingerprint density at radius 2 is 2.09 bits per heavy atom. The SMILES string of the molecule is Cc1cc(-c2cnc(CN(C)C(=O)OC(C)(C)C)[nH]2)ccc1Br. The Kier molecular flexibility index (Phi) is 5.14. The Hall–Kier alpha value is -1.82. The normalized spacial score (nSPS) is 11.4. The predicted molar refractivity (Wildman–Crippen MR) is 94.2 cm³/mol. The van der Waals surface area contributed by atoms with E-state index in [-0.39, 0.29) is 6.09 Å². The number of benzene rings is 1. The van der Waals surface area contributed by atoms with Crippen molar-refractivity contribution in [3.63, 3.8) is 0 Å². The summed E-state index contributed by atoms with van der Waals surface area (Å²) in [7, 11) is 1.69. The van der Waals surface area contributed by atoms with Gasteiger partial charge < -0.3 is 14.6 Å². The molecule has 23 heavy (non-hydrogen) atoms. The lowest BCUT2D eigenvalue weighted by atomic mass is 10.1. The molecular formula is C17H22BrN3O2. The van der Waals surface area contributed by atoms with Gasteiger partial charge in [0.15, 0.2) is 0 Å². The third-order valence-corrected chi connectivity index (χ3v) is 4.08. The number of imidazole rings is 1. The molecule has 0 radical (unpaired) electrons. The quantitative estimate of drug-likeness (QED) is 0.852. The summed E-state index contributed by atoms with van der Waals surface area (Å²) in [5, 5.41) is 0. The number of carbonyl (C=O) groups is 1. The van der Waals surface area contributed by atoms with E-state index in [9.17, 15) is 4.79 Å². The lowest BCUT2D eigenvalue weighted by Crippen LogP contribution is -2.34. The number of hydrogen-bond donors (Lipinski definition) is 1. The number of aromatic nitrogens is 2. The van der Waals surface area contributed by atoms with Gasteiger partial charge in [-0.2, -0.15) is 0 Å². The summed E-state index contributed by atoms with van der Waals surface area (Å²) in [6.07, 6.45) is 1.41. The van der Waals surface area contributed by atoms with Gasteiger partial charge in [-0.15, -0.1) is 0 Å². The molecule has 1 amide bonds. The summed E-state index contributed by atoms with van der Waals surface area (Å²) in [6, 6.07) is 6.11. The zero-order chi connectivity index (χ0) is 17.2. The van der Waals surface area contributed by atoms with Crippen molar-refractivity contribution in [1.29, 1.82) is 0 Å². The molecule has 1 heterocycles. The first kappa shape index (κ1) is 17.5. The van der Waals surface area contributed by atoms with E-state index in [4.69, 9.17) is 4.74 Å². The van der Waals surface area contributed by atoms with Crippen LogP contribution in [0, 0.1) is 6.92 Å². The molecule has 5 nitrogen and oxygen atoms in total. The zero-order valence-electron chi connectivity index (χ0n) is 14.1. The molecule has 0 saturated carbocycles. The van der Waals surface area contributed by atoms with Crippen LogP contribution in [0.15, 0.2) is 28.9 Å². The van der Waals surface area contributed by atoms with Crippen LogP contribution in [0.25, 0.3) is 11.3 Å². The number of halogens is 1. The second kappa shape index (κ2) is 6.74. The Bertz CT molecular complexity index is 704. The van der Waals surface area contributed by atoms with Crippen molar-refractivity contribution in [1.82, 2.24) is 14.9 Å². The number of aromatic amines is 1. The van der Waals surface area contributed by atoms with Crippen molar-refractivity contribution in [2.75, 3.05) is 7.05 Å². The summed E-state index contributed by atoms with van der Waals surface area (Å²) in [6.45, 7) is 7.95. The van der Waals surface area contributed by atoms with E-state index in [1.54, 1.807) is 13.2 Å². The molecule has 0 bridgehead atoms. The maximum Gasteiger partial charge on any atom is 0.410 e. The van der Waals surface area contributed by atoms with Crippen LogP contribution in [0.4, 0.5) is 4.79 Å². The monoisotopic (exact) mass is 379 g/mol. The Morgan fingerprint density at radius 1 is 1.39 bits per heavy atom. The van der Waals surface area contributed by atoms with Crippen molar-refractivity contribution >= 4 is 22.0 Å². The van der Waals surface area contributed by atoms with Crippen molar-refractivity contribution in [3.8, 4) is 11.3 Å². The molecule has 0 aliphatic rings. The molecule has 0 spiro atoms. The number of rotatable bonds is 3. The number of ether oxygens (including phenoxy) is 1. The molecule has 2 aromatic rings. The smallest absolute Gasteiger partial charge is 0.410 e. The van der Waals surface area contributed by atoms with Crippen molar-refractivity contribution in [2.45, 2.75) is 39.8 Å². The van der Waals surface area contributed by atoms with E-state index in [2.05, 4.69) is 32.0 Å². The number of H-pyrrole nitrogens is 1. The fraction of sp³-hybridized carbons (Fsp3) is 0.412. The number of amides is 1. The van der Waals surface area contributed by atoms with E-state index in [1.807, 2.05) is 39.8 Å². The number of hydrogen-bond acceptors (Lipinski definition) is 3. The topological polar surface area (TPSA) is 58.2 Å². The van der Waals surface area contributed by atoms with Gasteiger partial charge in [-0.3, -0.25) is 0 Å². The van der Waals surface area contributed by atoms with E-state index >= 15 is 0 Å². The molecule has 1 aromatic heterocycles. The first-order valence-corrected chi connectivity index (χ1v) is 8.19. The van der Waals surface area contributed by atoms with Crippen molar-refractivity contribution < 1.29 is 9.53 Å². The van der Waals surface area contributed by atoms with E-state index in [0.717, 1.165) is 21.3 Å². The highest BCUT2D eigenvalue weighted by Crippen LogP contribution is 2.24. The Balaban J connectivity index is 2.07. The van der Waals surface area contributed by atoms with E-state index in [0.29, 0.717) is 12.4 Å². The predicted octanol–water partition coefficient (Wildman–Crippen LogP) is 4.51. The first-order valence-electron chi connectivity index (χ1n) is 7.40. The van der Waals surface area contributed by atoms with Gasteiger partial charge in [0.25, 0.3) is 0 Å². The van der Waals surface area contributed by atoms with E-state index in [1.165, 1.54) is 4.90 Å². The molecule has 124 valence electrons. The molecule has 0 atom stereocenters. The van der Waals surface area contributed by atoms with Crippen LogP contribution in [-0.2, 0) is 11.3 Å². The molecule has 6 heteroatoms. The maximum atomic E-state index is 12.0. The molecule has 0 saturated heterocycles. The molecule has 0 aliphatic carbocycles. The first-order chi connectivity index (χ1) is 10.7. The summed E-state index contributed by atoms with van der Waals surface area (Å²) < 4.78 is 6.41. The molecule has 1 N–H and O–H groups in total. The second-order valence-electron chi connectivity index (χ2n) is 6.54. The largest absolute Gasteiger partial charge is 0.444 e. The summed E-state index contributed by atoms with van der Waals surface area (Å²) in [5.41, 5.74) is 2.64. The number of aryl methyl sites for hydroxylation is 1. The van der Waals surface area contributed by atoms with Gasteiger partial charge >= 0.3 is 6.09 Å². The standard InChI is InChI=1S/C17H22BrN3O2/c1-11-8-12(6-7-13(11)18)14-9-19-15(20-14)10-21(5)16(22)23-17(2,3)4/h6-9H,10H2,1-5H3,(H,19,20). The molecule has 0 unspecified atom stereocenters. The average molecular weight is 380 g/mol. The molecule has 1 aromatic carbocycles. The van der Waals surface area contributed by atoms with Gasteiger partial charge in [0.1, 0.15) is 11.4 Å². The fourth-order valence-electron chi connectivity index (χ4n) is 2.03. The summed E-state index contributed by atoms with van der Waals surface area (Å²) >= 11 is 3.50. The third-order valence-electron chi connectivity index (χ3n) is 3.19. The van der Waals surface area contributed by atoms with Crippen LogP contribution < -0.4 is 0 Å². The van der Waals surface area contributed by atoms with Gasteiger partial charge in [-0.25, -0.2) is 9.78 Å². The van der Waals surface area contributed by atoms with Gasteiger partial charge in [0.2, 0.25) is 0 Å². The number of nitrogens with one attached hydrogen (secondary N) is 1. The minimum atomic E-state index is -0.505. The lowest BCUT2D eigenvalue weighted by Gasteiger charge is -2.24. The van der Waals surface area contributed by atoms with Crippen LogP contribution in [0.5, 0.6) is 0 Å². The average Bonchev–Trinajstić information content (AvgIpc) is 2.88. The van der Waals surface area contributed by atoms with Crippen LogP contribution in [0.2, 0.25) is 0 Å². The van der Waals surface area contributed by atoms with E-state index < -0.39 is 5.60 Å².